The molecule has 1 aliphatic rings. The van der Waals surface area contributed by atoms with Crippen molar-refractivity contribution in [3.8, 4) is 11.8 Å². The van der Waals surface area contributed by atoms with E-state index in [1.807, 2.05) is 23.1 Å². The highest BCUT2D eigenvalue weighted by Gasteiger charge is 2.31. The zero-order valence-electron chi connectivity index (χ0n) is 17.4. The summed E-state index contributed by atoms with van der Waals surface area (Å²) in [6, 6.07) is 15.1. The van der Waals surface area contributed by atoms with E-state index in [1.165, 1.54) is 11.9 Å². The van der Waals surface area contributed by atoms with Crippen molar-refractivity contribution in [1.29, 1.82) is 0 Å². The fourth-order valence-corrected chi connectivity index (χ4v) is 3.99. The monoisotopic (exact) mass is 466 g/mol. The number of rotatable bonds is 6. The van der Waals surface area contributed by atoms with Crippen molar-refractivity contribution in [2.24, 2.45) is 0 Å². The van der Waals surface area contributed by atoms with Gasteiger partial charge >= 0.3 is 11.6 Å². The standard InChI is InChI=1S/C22H19ClN6O4/c23-16-6-7-17-18(12-16)33-26-21(17)32-22-19(29(30)31)20(24-14-25-22)28-10-8-27(9-11-28)13-15-4-2-1-3-5-15/h1-7,12,14H,8-11,13H2. The van der Waals surface area contributed by atoms with Crippen LogP contribution in [0.25, 0.3) is 11.0 Å². The first-order chi connectivity index (χ1) is 16.1. The fourth-order valence-electron chi connectivity index (χ4n) is 3.83. The molecule has 1 fully saturated rings. The van der Waals surface area contributed by atoms with E-state index in [4.69, 9.17) is 20.9 Å². The Labute approximate surface area is 193 Å². The molecule has 11 heteroatoms. The molecule has 4 aromatic rings. The van der Waals surface area contributed by atoms with Crippen molar-refractivity contribution < 1.29 is 14.2 Å². The average molecular weight is 467 g/mol. The van der Waals surface area contributed by atoms with Gasteiger partial charge in [0, 0.05) is 43.8 Å². The number of nitrogens with zero attached hydrogens (tertiary/aromatic N) is 6. The molecule has 0 unspecified atom stereocenters. The van der Waals surface area contributed by atoms with Crippen molar-refractivity contribution in [2.45, 2.75) is 6.54 Å². The summed E-state index contributed by atoms with van der Waals surface area (Å²) in [6.07, 6.45) is 1.26. The molecule has 3 heterocycles. The van der Waals surface area contributed by atoms with Crippen molar-refractivity contribution in [2.75, 3.05) is 31.1 Å². The Morgan fingerprint density at radius 3 is 2.61 bits per heavy atom. The normalized spacial score (nSPS) is 14.5. The summed E-state index contributed by atoms with van der Waals surface area (Å²) in [5.41, 5.74) is 1.33. The highest BCUT2D eigenvalue weighted by atomic mass is 35.5. The molecule has 0 atom stereocenters. The predicted molar refractivity (Wildman–Crippen MR) is 122 cm³/mol. The summed E-state index contributed by atoms with van der Waals surface area (Å²) < 4.78 is 10.9. The van der Waals surface area contributed by atoms with Gasteiger partial charge in [0.1, 0.15) is 6.33 Å². The van der Waals surface area contributed by atoms with Crippen LogP contribution in [-0.4, -0.2) is 51.1 Å². The molecule has 0 N–H and O–H groups in total. The Hall–Kier alpha value is -3.76. The molecule has 0 radical (unpaired) electrons. The van der Waals surface area contributed by atoms with Gasteiger partial charge < -0.3 is 14.2 Å². The average Bonchev–Trinajstić information content (AvgIpc) is 3.21. The third-order valence-electron chi connectivity index (χ3n) is 5.47. The van der Waals surface area contributed by atoms with Gasteiger partial charge in [-0.2, -0.15) is 4.98 Å². The Morgan fingerprint density at radius 1 is 1.06 bits per heavy atom. The molecule has 0 bridgehead atoms. The third kappa shape index (κ3) is 4.43. The van der Waals surface area contributed by atoms with Gasteiger partial charge in [0.25, 0.3) is 5.88 Å². The molecule has 2 aromatic heterocycles. The van der Waals surface area contributed by atoms with E-state index in [9.17, 15) is 10.1 Å². The summed E-state index contributed by atoms with van der Waals surface area (Å²) in [5.74, 6) is 0.101. The third-order valence-corrected chi connectivity index (χ3v) is 5.70. The highest BCUT2D eigenvalue weighted by Crippen LogP contribution is 2.38. The topological polar surface area (TPSA) is 111 Å². The second-order valence-electron chi connectivity index (χ2n) is 7.59. The van der Waals surface area contributed by atoms with Gasteiger partial charge in [-0.3, -0.25) is 15.0 Å². The number of ether oxygens (including phenoxy) is 1. The lowest BCUT2D eigenvalue weighted by atomic mass is 10.2. The minimum atomic E-state index is -0.528. The maximum atomic E-state index is 12.0. The smallest absolute Gasteiger partial charge is 0.373 e. The number of piperazine rings is 1. The van der Waals surface area contributed by atoms with Crippen LogP contribution >= 0.6 is 11.6 Å². The number of benzene rings is 2. The quantitative estimate of drug-likeness (QED) is 0.303. The summed E-state index contributed by atoms with van der Waals surface area (Å²) >= 11 is 5.97. The molecule has 1 aliphatic heterocycles. The second-order valence-corrected chi connectivity index (χ2v) is 8.02. The summed E-state index contributed by atoms with van der Waals surface area (Å²) in [4.78, 5) is 23.9. The van der Waals surface area contributed by atoms with Crippen molar-refractivity contribution in [3.63, 3.8) is 0 Å². The zero-order valence-corrected chi connectivity index (χ0v) is 18.2. The predicted octanol–water partition coefficient (Wildman–Crippen LogP) is 4.29. The van der Waals surface area contributed by atoms with E-state index in [-0.39, 0.29) is 23.3 Å². The van der Waals surface area contributed by atoms with Crippen LogP contribution in [0.15, 0.2) is 59.4 Å². The van der Waals surface area contributed by atoms with Crippen LogP contribution in [0, 0.1) is 10.1 Å². The Morgan fingerprint density at radius 2 is 1.85 bits per heavy atom. The highest BCUT2D eigenvalue weighted by molar-refractivity contribution is 6.31. The first kappa shape index (κ1) is 21.1. The summed E-state index contributed by atoms with van der Waals surface area (Å²) in [5, 5.41) is 16.8. The molecular weight excluding hydrogens is 448 g/mol. The largest absolute Gasteiger partial charge is 0.411 e. The van der Waals surface area contributed by atoms with Crippen molar-refractivity contribution in [3.05, 3.63) is 75.6 Å². The van der Waals surface area contributed by atoms with Gasteiger partial charge in [0.15, 0.2) is 5.58 Å². The molecule has 0 spiro atoms. The van der Waals surface area contributed by atoms with E-state index in [0.717, 1.165) is 19.6 Å². The van der Waals surface area contributed by atoms with Crippen LogP contribution in [0.4, 0.5) is 11.5 Å². The number of hydrogen-bond donors (Lipinski definition) is 0. The molecule has 5 rings (SSSR count). The SMILES string of the molecule is O=[N+]([O-])c1c(Oc2noc3cc(Cl)ccc23)ncnc1N1CCN(Cc2ccccc2)CC1. The van der Waals surface area contributed by atoms with E-state index >= 15 is 0 Å². The Bertz CT molecular complexity index is 1290. The fraction of sp³-hybridized carbons (Fsp3) is 0.227. The van der Waals surface area contributed by atoms with Crippen LogP contribution in [-0.2, 0) is 6.54 Å². The molecule has 2 aromatic carbocycles. The molecule has 1 saturated heterocycles. The zero-order chi connectivity index (χ0) is 22.8. The minimum Gasteiger partial charge on any atom is -0.411 e. The van der Waals surface area contributed by atoms with Crippen LogP contribution in [0.1, 0.15) is 5.56 Å². The van der Waals surface area contributed by atoms with Crippen LogP contribution in [0.5, 0.6) is 11.8 Å². The number of nitro groups is 1. The first-order valence-corrected chi connectivity index (χ1v) is 10.7. The molecule has 0 amide bonds. The van der Waals surface area contributed by atoms with Gasteiger partial charge in [-0.05, 0) is 22.9 Å². The number of anilines is 1. The van der Waals surface area contributed by atoms with Crippen molar-refractivity contribution >= 4 is 34.1 Å². The van der Waals surface area contributed by atoms with Gasteiger partial charge in [0.2, 0.25) is 5.82 Å². The first-order valence-electron chi connectivity index (χ1n) is 10.3. The lowest BCUT2D eigenvalue weighted by Crippen LogP contribution is -2.46. The molecule has 0 saturated carbocycles. The molecular formula is C22H19ClN6O4. The summed E-state index contributed by atoms with van der Waals surface area (Å²) in [6.45, 7) is 3.52. The minimum absolute atomic E-state index is 0.0714. The van der Waals surface area contributed by atoms with Gasteiger partial charge in [-0.15, -0.1) is 0 Å². The Balaban J connectivity index is 1.36. The molecule has 0 aliphatic carbocycles. The Kier molecular flexibility index (Phi) is 5.76. The number of halogens is 1. The van der Waals surface area contributed by atoms with Gasteiger partial charge in [0.05, 0.1) is 10.3 Å². The van der Waals surface area contributed by atoms with E-state index < -0.39 is 4.92 Å². The maximum absolute atomic E-state index is 12.0. The number of hydrogen-bond acceptors (Lipinski definition) is 9. The summed E-state index contributed by atoms with van der Waals surface area (Å²) in [7, 11) is 0. The van der Waals surface area contributed by atoms with Crippen LogP contribution in [0.3, 0.4) is 0 Å². The molecule has 168 valence electrons. The van der Waals surface area contributed by atoms with Crippen LogP contribution in [0.2, 0.25) is 5.02 Å². The molecule has 10 nitrogen and oxygen atoms in total. The molecule has 33 heavy (non-hydrogen) atoms. The maximum Gasteiger partial charge on any atom is 0.373 e. The number of aromatic nitrogens is 3. The lowest BCUT2D eigenvalue weighted by Gasteiger charge is -2.35. The lowest BCUT2D eigenvalue weighted by molar-refractivity contribution is -0.385. The van der Waals surface area contributed by atoms with E-state index in [1.54, 1.807) is 18.2 Å². The number of fused-ring (bicyclic) bond motifs is 1. The van der Waals surface area contributed by atoms with E-state index in [2.05, 4.69) is 32.2 Å². The van der Waals surface area contributed by atoms with Crippen LogP contribution < -0.4 is 9.64 Å². The second kappa shape index (κ2) is 9.00. The van der Waals surface area contributed by atoms with Gasteiger partial charge in [-0.1, -0.05) is 41.9 Å². The van der Waals surface area contributed by atoms with E-state index in [0.29, 0.717) is 29.1 Å². The van der Waals surface area contributed by atoms with Crippen molar-refractivity contribution in [1.82, 2.24) is 20.0 Å². The van der Waals surface area contributed by atoms with Gasteiger partial charge in [-0.25, -0.2) is 4.98 Å².